The van der Waals surface area contributed by atoms with E-state index in [0.717, 1.165) is 0 Å². The Morgan fingerprint density at radius 3 is 2.10 bits per heavy atom. The summed E-state index contributed by atoms with van der Waals surface area (Å²) in [5.41, 5.74) is -1.19. The lowest BCUT2D eigenvalue weighted by molar-refractivity contribution is -0.176. The van der Waals surface area contributed by atoms with E-state index in [-0.39, 0.29) is 36.3 Å². The number of amides is 3. The van der Waals surface area contributed by atoms with Crippen molar-refractivity contribution in [2.45, 2.75) is 72.8 Å². The van der Waals surface area contributed by atoms with E-state index in [1.807, 2.05) is 33.0 Å². The molecule has 0 unspecified atom stereocenters. The Morgan fingerprint density at radius 1 is 1.13 bits per heavy atom. The van der Waals surface area contributed by atoms with E-state index in [9.17, 15) is 32.7 Å². The van der Waals surface area contributed by atoms with Crippen molar-refractivity contribution in [3.8, 4) is 0 Å². The number of aliphatic hydroxyl groups is 1. The first kappa shape index (κ1) is 25.4. The first-order chi connectivity index (χ1) is 13.9. The zero-order valence-electron chi connectivity index (χ0n) is 19.1. The summed E-state index contributed by atoms with van der Waals surface area (Å²) < 4.78 is 38.5. The van der Waals surface area contributed by atoms with Gasteiger partial charge < -0.3 is 20.6 Å². The molecule has 178 valence electrons. The largest absolute Gasteiger partial charge is 0.471 e. The van der Waals surface area contributed by atoms with Crippen LogP contribution in [0.1, 0.15) is 48.5 Å². The molecular formula is C21H34F3N3O4. The van der Waals surface area contributed by atoms with Crippen molar-refractivity contribution in [2.75, 3.05) is 13.2 Å². The Bertz CT molecular complexity index is 730. The molecule has 0 bridgehead atoms. The minimum atomic E-state index is -5.12. The van der Waals surface area contributed by atoms with Gasteiger partial charge in [0.2, 0.25) is 11.8 Å². The number of carbonyl (C=O) groups excluding carboxylic acids is 3. The Kier molecular flexibility index (Phi) is 6.77. The van der Waals surface area contributed by atoms with Crippen LogP contribution in [0.25, 0.3) is 0 Å². The molecule has 0 aromatic rings. The summed E-state index contributed by atoms with van der Waals surface area (Å²) in [5, 5.41) is 14.2. The van der Waals surface area contributed by atoms with Crippen LogP contribution >= 0.6 is 0 Å². The molecule has 2 aliphatic rings. The molecule has 1 aliphatic carbocycles. The van der Waals surface area contributed by atoms with E-state index in [4.69, 9.17) is 0 Å². The first-order valence-electron chi connectivity index (χ1n) is 10.5. The number of hydrogen-bond acceptors (Lipinski definition) is 4. The molecule has 1 heterocycles. The van der Waals surface area contributed by atoms with Crippen LogP contribution in [0.15, 0.2) is 0 Å². The number of alkyl halides is 3. The highest BCUT2D eigenvalue weighted by atomic mass is 19.4. The molecule has 7 nitrogen and oxygen atoms in total. The molecule has 2 rings (SSSR count). The summed E-state index contributed by atoms with van der Waals surface area (Å²) in [6, 6.07) is -2.82. The van der Waals surface area contributed by atoms with Gasteiger partial charge >= 0.3 is 12.1 Å². The molecule has 5 atom stereocenters. The Morgan fingerprint density at radius 2 is 1.68 bits per heavy atom. The molecule has 1 saturated carbocycles. The molecule has 31 heavy (non-hydrogen) atoms. The molecule has 2 fully saturated rings. The van der Waals surface area contributed by atoms with Gasteiger partial charge in [-0.15, -0.1) is 0 Å². The highest BCUT2D eigenvalue weighted by Gasteiger charge is 2.69. The molecule has 0 aromatic carbocycles. The van der Waals surface area contributed by atoms with Crippen molar-refractivity contribution in [3.05, 3.63) is 0 Å². The second-order valence-corrected chi connectivity index (χ2v) is 10.7. The predicted molar refractivity (Wildman–Crippen MR) is 108 cm³/mol. The fourth-order valence-corrected chi connectivity index (χ4v) is 4.53. The standard InChI is InChI=1S/C21H34F3N3O4/c1-10(2)12(9-28)25-16(29)14-13-11(20(13,6)7)8-27(14)17(30)15(19(3,4)5)26-18(31)21(22,23)24/h10-15,28H,8-9H2,1-7H3,(H,25,29)(H,26,31)/t11-,12+,13-,14-,15+/m0/s1. The number of carbonyl (C=O) groups is 3. The normalized spacial score (nSPS) is 26.8. The molecule has 3 amide bonds. The number of piperidine rings is 1. The first-order valence-corrected chi connectivity index (χ1v) is 10.5. The van der Waals surface area contributed by atoms with E-state index in [2.05, 4.69) is 5.32 Å². The number of aliphatic hydroxyl groups excluding tert-OH is 1. The van der Waals surface area contributed by atoms with Gasteiger partial charge in [0.25, 0.3) is 0 Å². The average Bonchev–Trinajstić information content (AvgIpc) is 2.97. The maximum atomic E-state index is 13.4. The molecule has 1 saturated heterocycles. The van der Waals surface area contributed by atoms with Crippen LogP contribution in [0.3, 0.4) is 0 Å². The van der Waals surface area contributed by atoms with E-state index < -0.39 is 47.4 Å². The van der Waals surface area contributed by atoms with Crippen LogP contribution in [-0.4, -0.2) is 65.2 Å². The van der Waals surface area contributed by atoms with E-state index >= 15 is 0 Å². The molecule has 1 aliphatic heterocycles. The van der Waals surface area contributed by atoms with Gasteiger partial charge in [-0.25, -0.2) is 0 Å². The Balaban J connectivity index is 2.31. The van der Waals surface area contributed by atoms with Crippen molar-refractivity contribution < 1.29 is 32.7 Å². The maximum Gasteiger partial charge on any atom is 0.471 e. The van der Waals surface area contributed by atoms with Crippen LogP contribution in [0.5, 0.6) is 0 Å². The van der Waals surface area contributed by atoms with Crippen molar-refractivity contribution in [2.24, 2.45) is 28.6 Å². The van der Waals surface area contributed by atoms with Gasteiger partial charge in [0, 0.05) is 6.54 Å². The number of rotatable bonds is 6. The van der Waals surface area contributed by atoms with Crippen molar-refractivity contribution in [1.82, 2.24) is 15.5 Å². The molecular weight excluding hydrogens is 415 g/mol. The van der Waals surface area contributed by atoms with Gasteiger partial charge in [-0.3, -0.25) is 14.4 Å². The fraction of sp³-hybridized carbons (Fsp3) is 0.857. The lowest BCUT2D eigenvalue weighted by atomic mass is 9.85. The third-order valence-corrected chi connectivity index (χ3v) is 6.74. The molecule has 3 N–H and O–H groups in total. The minimum Gasteiger partial charge on any atom is -0.394 e. The molecule has 0 spiro atoms. The number of fused-ring (bicyclic) bond motifs is 1. The smallest absolute Gasteiger partial charge is 0.394 e. The van der Waals surface area contributed by atoms with Crippen molar-refractivity contribution >= 4 is 17.7 Å². The zero-order chi connectivity index (χ0) is 24.1. The molecule has 0 radical (unpaired) electrons. The summed E-state index contributed by atoms with van der Waals surface area (Å²) in [6.07, 6.45) is -5.12. The number of likely N-dealkylation sites (tertiary alicyclic amines) is 1. The lowest BCUT2D eigenvalue weighted by Crippen LogP contribution is -2.61. The van der Waals surface area contributed by atoms with Gasteiger partial charge in [0.05, 0.1) is 12.6 Å². The SMILES string of the molecule is CC(C)[C@@H](CO)NC(=O)[C@@H]1[C@@H]2[C@H](CN1C(=O)[C@@H](NC(=O)C(F)(F)F)C(C)(C)C)C2(C)C. The maximum absolute atomic E-state index is 13.4. The Labute approximate surface area is 181 Å². The predicted octanol–water partition coefficient (Wildman–Crippen LogP) is 1.70. The third-order valence-electron chi connectivity index (χ3n) is 6.74. The average molecular weight is 450 g/mol. The third kappa shape index (κ3) is 4.99. The minimum absolute atomic E-state index is 0.0396. The van der Waals surface area contributed by atoms with Crippen LogP contribution in [0.4, 0.5) is 13.2 Å². The fourth-order valence-electron chi connectivity index (χ4n) is 4.53. The van der Waals surface area contributed by atoms with Gasteiger partial charge in [0.1, 0.15) is 12.1 Å². The van der Waals surface area contributed by atoms with Crippen molar-refractivity contribution in [1.29, 1.82) is 0 Å². The molecule has 0 aromatic heterocycles. The summed E-state index contributed by atoms with van der Waals surface area (Å²) >= 11 is 0. The summed E-state index contributed by atoms with van der Waals surface area (Å²) in [5.74, 6) is -3.48. The monoisotopic (exact) mass is 449 g/mol. The molecule has 10 heteroatoms. The highest BCUT2D eigenvalue weighted by molar-refractivity contribution is 5.94. The Hall–Kier alpha value is -1.84. The number of nitrogens with zero attached hydrogens (tertiary/aromatic N) is 1. The lowest BCUT2D eigenvalue weighted by Gasteiger charge is -2.38. The zero-order valence-corrected chi connectivity index (χ0v) is 19.1. The van der Waals surface area contributed by atoms with Gasteiger partial charge in [-0.1, -0.05) is 48.5 Å². The second-order valence-electron chi connectivity index (χ2n) is 10.7. The van der Waals surface area contributed by atoms with E-state index in [1.54, 1.807) is 20.8 Å². The summed E-state index contributed by atoms with van der Waals surface area (Å²) in [6.45, 7) is 12.3. The van der Waals surface area contributed by atoms with E-state index in [1.165, 1.54) is 4.90 Å². The van der Waals surface area contributed by atoms with Crippen molar-refractivity contribution in [3.63, 3.8) is 0 Å². The topological polar surface area (TPSA) is 98.7 Å². The van der Waals surface area contributed by atoms with Crippen LogP contribution in [0, 0.1) is 28.6 Å². The van der Waals surface area contributed by atoms with Crippen LogP contribution in [0.2, 0.25) is 0 Å². The van der Waals surface area contributed by atoms with Gasteiger partial charge in [-0.2, -0.15) is 13.2 Å². The van der Waals surface area contributed by atoms with Gasteiger partial charge in [-0.05, 0) is 28.6 Å². The highest BCUT2D eigenvalue weighted by Crippen LogP contribution is 2.65. The second kappa shape index (κ2) is 8.26. The van der Waals surface area contributed by atoms with E-state index in [0.29, 0.717) is 0 Å². The van der Waals surface area contributed by atoms with Gasteiger partial charge in [0.15, 0.2) is 0 Å². The van der Waals surface area contributed by atoms with Crippen LogP contribution < -0.4 is 10.6 Å². The number of hydrogen-bond donors (Lipinski definition) is 3. The quantitative estimate of drug-likeness (QED) is 0.575. The summed E-state index contributed by atoms with van der Waals surface area (Å²) in [7, 11) is 0. The number of nitrogens with one attached hydrogen (secondary N) is 2. The van der Waals surface area contributed by atoms with Crippen LogP contribution in [-0.2, 0) is 14.4 Å². The summed E-state index contributed by atoms with van der Waals surface area (Å²) in [4.78, 5) is 39.4. The number of halogens is 3.